The lowest BCUT2D eigenvalue weighted by Gasteiger charge is -2.43. The fourth-order valence-electron chi connectivity index (χ4n) is 5.91. The van der Waals surface area contributed by atoms with Gasteiger partial charge >= 0.3 is 0 Å². The predicted molar refractivity (Wildman–Crippen MR) is 152 cm³/mol. The number of aromatic amines is 1. The van der Waals surface area contributed by atoms with Gasteiger partial charge < -0.3 is 25.8 Å². The molecule has 2 atom stereocenters. The highest BCUT2D eigenvalue weighted by atomic mass is 15.4. The number of nitrogens with two attached hydrogens (primary N) is 1. The van der Waals surface area contributed by atoms with Crippen molar-refractivity contribution < 1.29 is 0 Å². The molecular formula is C28H37N9. The highest BCUT2D eigenvalue weighted by Crippen LogP contribution is 2.41. The van der Waals surface area contributed by atoms with E-state index in [4.69, 9.17) is 15.7 Å². The topological polar surface area (TPSA) is 102 Å². The summed E-state index contributed by atoms with van der Waals surface area (Å²) in [6.45, 7) is 12.6. The molecule has 2 fully saturated rings. The van der Waals surface area contributed by atoms with Crippen LogP contribution in [0, 0.1) is 13.8 Å². The number of H-pyrrole nitrogens is 1. The van der Waals surface area contributed by atoms with Crippen molar-refractivity contribution >= 4 is 39.4 Å². The maximum absolute atomic E-state index is 6.31. The molecule has 4 aromatic rings. The molecule has 194 valence electrons. The van der Waals surface area contributed by atoms with E-state index in [0.29, 0.717) is 23.9 Å². The Hall–Kier alpha value is -3.43. The Labute approximate surface area is 218 Å². The average Bonchev–Trinajstić information content (AvgIpc) is 3.21. The van der Waals surface area contributed by atoms with Crippen LogP contribution in [-0.2, 0) is 0 Å². The molecular weight excluding hydrogens is 462 g/mol. The largest absolute Gasteiger partial charge is 0.382 e. The average molecular weight is 500 g/mol. The predicted octanol–water partition coefficient (Wildman–Crippen LogP) is 3.31. The third-order valence-corrected chi connectivity index (χ3v) is 8.20. The Morgan fingerprint density at radius 3 is 2.62 bits per heavy atom. The normalized spacial score (nSPS) is 20.8. The molecule has 2 aliphatic rings. The highest BCUT2D eigenvalue weighted by Gasteiger charge is 2.33. The first-order chi connectivity index (χ1) is 17.7. The van der Waals surface area contributed by atoms with E-state index in [-0.39, 0.29) is 0 Å². The van der Waals surface area contributed by atoms with Crippen LogP contribution in [0.25, 0.3) is 32.9 Å². The minimum atomic E-state index is 0.341. The molecule has 0 radical (unpaired) electrons. The van der Waals surface area contributed by atoms with Crippen LogP contribution in [0.4, 0.5) is 17.6 Å². The Kier molecular flexibility index (Phi) is 5.72. The SMILES string of the molecule is Cc1cc2c(N3C[C@@H](C)NC[C@@H]3C)nc(N3CC(N(C)C)C3)nc2c(C)c1-c1cccc2[nH]nc(N)c12. The third kappa shape index (κ3) is 3.88. The Balaban J connectivity index is 1.57. The summed E-state index contributed by atoms with van der Waals surface area (Å²) in [7, 11) is 4.28. The minimum absolute atomic E-state index is 0.341. The van der Waals surface area contributed by atoms with Crippen LogP contribution in [0.2, 0.25) is 0 Å². The molecule has 0 saturated carbocycles. The molecule has 0 spiro atoms. The zero-order valence-corrected chi connectivity index (χ0v) is 22.6. The van der Waals surface area contributed by atoms with E-state index in [9.17, 15) is 0 Å². The van der Waals surface area contributed by atoms with E-state index < -0.39 is 0 Å². The molecule has 2 aliphatic heterocycles. The van der Waals surface area contributed by atoms with Crippen molar-refractivity contribution in [2.45, 2.75) is 45.8 Å². The van der Waals surface area contributed by atoms with Gasteiger partial charge in [0.25, 0.3) is 0 Å². The Bertz CT molecular complexity index is 1480. The first kappa shape index (κ1) is 23.9. The van der Waals surface area contributed by atoms with Gasteiger partial charge in [0.05, 0.1) is 16.4 Å². The van der Waals surface area contributed by atoms with Gasteiger partial charge in [-0.05, 0) is 76.2 Å². The number of aromatic nitrogens is 4. The van der Waals surface area contributed by atoms with Gasteiger partial charge in [-0.3, -0.25) is 5.10 Å². The van der Waals surface area contributed by atoms with Crippen LogP contribution < -0.4 is 20.9 Å². The highest BCUT2D eigenvalue weighted by molar-refractivity contribution is 6.06. The zero-order valence-electron chi connectivity index (χ0n) is 22.6. The van der Waals surface area contributed by atoms with E-state index in [2.05, 4.69) is 90.2 Å². The van der Waals surface area contributed by atoms with Crippen molar-refractivity contribution in [1.82, 2.24) is 30.4 Å². The van der Waals surface area contributed by atoms with Gasteiger partial charge in [-0.15, -0.1) is 0 Å². The number of nitrogens with one attached hydrogen (secondary N) is 2. The number of likely N-dealkylation sites (N-methyl/N-ethyl adjacent to an activating group) is 1. The monoisotopic (exact) mass is 499 g/mol. The second kappa shape index (κ2) is 8.85. The van der Waals surface area contributed by atoms with Gasteiger partial charge in [-0.1, -0.05) is 12.1 Å². The van der Waals surface area contributed by atoms with Crippen LogP contribution in [0.3, 0.4) is 0 Å². The van der Waals surface area contributed by atoms with E-state index >= 15 is 0 Å². The van der Waals surface area contributed by atoms with E-state index in [1.54, 1.807) is 0 Å². The van der Waals surface area contributed by atoms with Crippen LogP contribution in [0.15, 0.2) is 24.3 Å². The van der Waals surface area contributed by atoms with Gasteiger partial charge in [-0.2, -0.15) is 10.1 Å². The van der Waals surface area contributed by atoms with Crippen molar-refractivity contribution in [1.29, 1.82) is 0 Å². The second-order valence-corrected chi connectivity index (χ2v) is 11.1. The molecule has 2 aromatic carbocycles. The van der Waals surface area contributed by atoms with Gasteiger partial charge in [0.2, 0.25) is 5.95 Å². The van der Waals surface area contributed by atoms with Gasteiger partial charge in [0.1, 0.15) is 5.82 Å². The molecule has 0 unspecified atom stereocenters. The number of rotatable bonds is 4. The summed E-state index contributed by atoms with van der Waals surface area (Å²) in [5.74, 6) is 2.37. The summed E-state index contributed by atoms with van der Waals surface area (Å²) >= 11 is 0. The molecule has 0 amide bonds. The number of benzene rings is 2. The third-order valence-electron chi connectivity index (χ3n) is 8.20. The number of hydrogen-bond donors (Lipinski definition) is 3. The van der Waals surface area contributed by atoms with Crippen LogP contribution in [0.1, 0.15) is 25.0 Å². The number of aryl methyl sites for hydroxylation is 2. The molecule has 0 bridgehead atoms. The van der Waals surface area contributed by atoms with Gasteiger partial charge in [0.15, 0.2) is 5.82 Å². The summed E-state index contributed by atoms with van der Waals surface area (Å²) in [5, 5.41) is 13.0. The van der Waals surface area contributed by atoms with Crippen LogP contribution >= 0.6 is 0 Å². The molecule has 0 aliphatic carbocycles. The van der Waals surface area contributed by atoms with E-state index in [1.807, 2.05) is 6.07 Å². The molecule has 37 heavy (non-hydrogen) atoms. The molecule has 6 rings (SSSR count). The summed E-state index contributed by atoms with van der Waals surface area (Å²) < 4.78 is 0. The second-order valence-electron chi connectivity index (χ2n) is 11.1. The summed E-state index contributed by atoms with van der Waals surface area (Å²) in [6, 6.07) is 9.74. The lowest BCUT2D eigenvalue weighted by molar-refractivity contribution is 0.245. The van der Waals surface area contributed by atoms with Gasteiger partial charge in [-0.25, -0.2) is 4.98 Å². The molecule has 2 aromatic heterocycles. The lowest BCUT2D eigenvalue weighted by atomic mass is 9.91. The summed E-state index contributed by atoms with van der Waals surface area (Å²) in [6.07, 6.45) is 0. The molecule has 2 saturated heterocycles. The number of fused-ring (bicyclic) bond motifs is 2. The van der Waals surface area contributed by atoms with Crippen molar-refractivity contribution in [3.63, 3.8) is 0 Å². The number of anilines is 3. The lowest BCUT2D eigenvalue weighted by Crippen LogP contribution is -2.58. The quantitative estimate of drug-likeness (QED) is 0.393. The molecule has 9 nitrogen and oxygen atoms in total. The van der Waals surface area contributed by atoms with Crippen LogP contribution in [0.5, 0.6) is 0 Å². The fourth-order valence-corrected chi connectivity index (χ4v) is 5.91. The maximum Gasteiger partial charge on any atom is 0.228 e. The first-order valence-electron chi connectivity index (χ1n) is 13.2. The molecule has 4 heterocycles. The van der Waals surface area contributed by atoms with Crippen molar-refractivity contribution in [2.24, 2.45) is 0 Å². The van der Waals surface area contributed by atoms with Crippen molar-refractivity contribution in [2.75, 3.05) is 55.8 Å². The molecule has 4 N–H and O–H groups in total. The minimum Gasteiger partial charge on any atom is -0.382 e. The number of nitrogen functional groups attached to an aromatic ring is 1. The number of piperazine rings is 1. The standard InChI is InChI=1S/C28H37N9/c1-15-10-21-25(18(4)23(15)20-8-7-9-22-24(20)26(29)34-33-22)31-28(36-13-19(14-36)35(5)6)32-27(21)37-12-16(2)30-11-17(37)3/h7-10,16-17,19,30H,11-14H2,1-6H3,(H3,29,33,34)/t16-,17+/m1/s1. The Morgan fingerprint density at radius 2 is 1.86 bits per heavy atom. The Morgan fingerprint density at radius 1 is 1.08 bits per heavy atom. The first-order valence-corrected chi connectivity index (χ1v) is 13.2. The number of nitrogens with zero attached hydrogens (tertiary/aromatic N) is 6. The molecule has 9 heteroatoms. The van der Waals surface area contributed by atoms with Crippen molar-refractivity contribution in [3.05, 3.63) is 35.4 Å². The zero-order chi connectivity index (χ0) is 26.0. The summed E-state index contributed by atoms with van der Waals surface area (Å²) in [4.78, 5) is 17.5. The van der Waals surface area contributed by atoms with Crippen LogP contribution in [-0.4, -0.2) is 83.5 Å². The van der Waals surface area contributed by atoms with Gasteiger partial charge in [0, 0.05) is 49.7 Å². The van der Waals surface area contributed by atoms with Crippen molar-refractivity contribution in [3.8, 4) is 11.1 Å². The summed E-state index contributed by atoms with van der Waals surface area (Å²) in [5.41, 5.74) is 12.8. The fraction of sp³-hybridized carbons (Fsp3) is 0.464. The van der Waals surface area contributed by atoms with E-state index in [1.165, 1.54) is 11.1 Å². The maximum atomic E-state index is 6.31. The smallest absolute Gasteiger partial charge is 0.228 e. The number of hydrogen-bond acceptors (Lipinski definition) is 8. The van der Waals surface area contributed by atoms with E-state index in [0.717, 1.165) is 70.9 Å².